The second kappa shape index (κ2) is 9.74. The molecular formula is C23H23ClN6O3. The summed E-state index contributed by atoms with van der Waals surface area (Å²) < 4.78 is 5.18. The van der Waals surface area contributed by atoms with Gasteiger partial charge in [-0.1, -0.05) is 29.8 Å². The predicted molar refractivity (Wildman–Crippen MR) is 127 cm³/mol. The second-order valence-corrected chi connectivity index (χ2v) is 7.88. The largest absolute Gasteiger partial charge is 0.449 e. The molecule has 2 heterocycles. The zero-order valence-electron chi connectivity index (χ0n) is 18.2. The summed E-state index contributed by atoms with van der Waals surface area (Å²) in [5.41, 5.74) is 4.22. The van der Waals surface area contributed by atoms with E-state index in [1.54, 1.807) is 7.05 Å². The first-order valence-corrected chi connectivity index (χ1v) is 10.7. The molecule has 2 aromatic carbocycles. The summed E-state index contributed by atoms with van der Waals surface area (Å²) >= 11 is 6.34. The Hall–Kier alpha value is -3.85. The van der Waals surface area contributed by atoms with Crippen LogP contribution < -0.4 is 20.9 Å². The highest BCUT2D eigenvalue weighted by Crippen LogP contribution is 2.30. The van der Waals surface area contributed by atoms with Crippen LogP contribution in [0.2, 0.25) is 5.02 Å². The van der Waals surface area contributed by atoms with Gasteiger partial charge in [-0.25, -0.2) is 9.78 Å². The molecular weight excluding hydrogens is 444 g/mol. The molecule has 4 rings (SSSR count). The standard InChI is InChI=1S/C23H23ClN6O3/c1-14(31)25-12-16-5-3-4-6-19(16)28-21-18(24)13-26-22(29-21)27-17-7-8-20-15(11-17)9-10-33-23(32)30(20)2/h3-8,11,13H,9-10,12H2,1-2H3,(H,25,31)(H2,26,27,28,29). The Morgan fingerprint density at radius 3 is 2.85 bits per heavy atom. The summed E-state index contributed by atoms with van der Waals surface area (Å²) in [6, 6.07) is 13.2. The summed E-state index contributed by atoms with van der Waals surface area (Å²) in [5, 5.41) is 9.56. The molecule has 1 aromatic heterocycles. The fourth-order valence-electron chi connectivity index (χ4n) is 3.42. The average Bonchev–Trinajstić information content (AvgIpc) is 2.93. The third-order valence-corrected chi connectivity index (χ3v) is 5.39. The third kappa shape index (κ3) is 5.32. The number of carbonyl (C=O) groups is 2. The molecule has 3 aromatic rings. The van der Waals surface area contributed by atoms with Crippen molar-refractivity contribution in [2.75, 3.05) is 29.2 Å². The number of nitrogens with one attached hydrogen (secondary N) is 3. The van der Waals surface area contributed by atoms with Gasteiger partial charge in [0.05, 0.1) is 18.5 Å². The average molecular weight is 467 g/mol. The van der Waals surface area contributed by atoms with Crippen LogP contribution >= 0.6 is 11.6 Å². The number of benzene rings is 2. The SMILES string of the molecule is CC(=O)NCc1ccccc1Nc1nc(Nc2ccc3c(c2)CCOC(=O)N3C)ncc1Cl. The van der Waals surface area contributed by atoms with Gasteiger partial charge in [0.2, 0.25) is 11.9 Å². The highest BCUT2D eigenvalue weighted by Gasteiger charge is 2.20. The van der Waals surface area contributed by atoms with Crippen molar-refractivity contribution in [3.63, 3.8) is 0 Å². The van der Waals surface area contributed by atoms with E-state index >= 15 is 0 Å². The van der Waals surface area contributed by atoms with Gasteiger partial charge in [0.25, 0.3) is 0 Å². The number of halogens is 1. The Labute approximate surface area is 196 Å². The molecule has 1 aliphatic heterocycles. The minimum atomic E-state index is -0.370. The Kier molecular flexibility index (Phi) is 6.60. The number of amides is 2. The van der Waals surface area contributed by atoms with Gasteiger partial charge in [0.15, 0.2) is 5.82 Å². The van der Waals surface area contributed by atoms with Crippen LogP contribution in [0.3, 0.4) is 0 Å². The minimum Gasteiger partial charge on any atom is -0.449 e. The Bertz CT molecular complexity index is 1200. The minimum absolute atomic E-state index is 0.112. The number of aromatic nitrogens is 2. The first-order valence-electron chi connectivity index (χ1n) is 10.3. The van der Waals surface area contributed by atoms with E-state index in [0.717, 1.165) is 28.2 Å². The Morgan fingerprint density at radius 2 is 2.03 bits per heavy atom. The van der Waals surface area contributed by atoms with Gasteiger partial charge >= 0.3 is 6.09 Å². The van der Waals surface area contributed by atoms with Gasteiger partial charge in [-0.3, -0.25) is 9.69 Å². The van der Waals surface area contributed by atoms with Crippen LogP contribution in [-0.2, 0) is 22.5 Å². The van der Waals surface area contributed by atoms with Crippen molar-refractivity contribution in [2.24, 2.45) is 0 Å². The number of para-hydroxylation sites is 1. The van der Waals surface area contributed by atoms with E-state index in [1.165, 1.54) is 18.0 Å². The zero-order valence-corrected chi connectivity index (χ0v) is 18.9. The van der Waals surface area contributed by atoms with E-state index in [0.29, 0.717) is 36.4 Å². The molecule has 0 fully saturated rings. The van der Waals surface area contributed by atoms with E-state index in [1.807, 2.05) is 42.5 Å². The van der Waals surface area contributed by atoms with Crippen LogP contribution in [0.5, 0.6) is 0 Å². The molecule has 0 radical (unpaired) electrons. The van der Waals surface area contributed by atoms with Crippen molar-refractivity contribution < 1.29 is 14.3 Å². The van der Waals surface area contributed by atoms with E-state index < -0.39 is 0 Å². The van der Waals surface area contributed by atoms with E-state index in [9.17, 15) is 9.59 Å². The molecule has 0 aliphatic carbocycles. The molecule has 0 unspecified atom stereocenters. The van der Waals surface area contributed by atoms with Crippen molar-refractivity contribution in [3.05, 3.63) is 64.8 Å². The Balaban J connectivity index is 1.55. The van der Waals surface area contributed by atoms with Gasteiger partial charge in [0.1, 0.15) is 5.02 Å². The van der Waals surface area contributed by atoms with Crippen LogP contribution in [0.4, 0.5) is 33.6 Å². The van der Waals surface area contributed by atoms with Crippen molar-refractivity contribution in [2.45, 2.75) is 19.9 Å². The van der Waals surface area contributed by atoms with E-state index in [-0.39, 0.29) is 12.0 Å². The van der Waals surface area contributed by atoms with Crippen LogP contribution in [0.15, 0.2) is 48.7 Å². The number of rotatable bonds is 6. The van der Waals surface area contributed by atoms with Crippen molar-refractivity contribution in [3.8, 4) is 0 Å². The number of ether oxygens (including phenoxy) is 1. The summed E-state index contributed by atoms with van der Waals surface area (Å²) in [6.45, 7) is 2.17. The maximum absolute atomic E-state index is 11.9. The monoisotopic (exact) mass is 466 g/mol. The molecule has 0 atom stereocenters. The second-order valence-electron chi connectivity index (χ2n) is 7.47. The van der Waals surface area contributed by atoms with Crippen molar-refractivity contribution in [1.29, 1.82) is 0 Å². The lowest BCUT2D eigenvalue weighted by molar-refractivity contribution is -0.119. The number of cyclic esters (lactones) is 1. The molecule has 9 nitrogen and oxygen atoms in total. The normalized spacial score (nSPS) is 12.9. The third-order valence-electron chi connectivity index (χ3n) is 5.11. The van der Waals surface area contributed by atoms with Gasteiger partial charge in [-0.15, -0.1) is 0 Å². The topological polar surface area (TPSA) is 108 Å². The van der Waals surface area contributed by atoms with Gasteiger partial charge in [0, 0.05) is 38.3 Å². The quantitative estimate of drug-likeness (QED) is 0.494. The van der Waals surface area contributed by atoms with Crippen LogP contribution in [0.1, 0.15) is 18.1 Å². The van der Waals surface area contributed by atoms with Gasteiger partial charge in [-0.2, -0.15) is 4.98 Å². The number of hydrogen-bond acceptors (Lipinski definition) is 7. The lowest BCUT2D eigenvalue weighted by atomic mass is 10.1. The summed E-state index contributed by atoms with van der Waals surface area (Å²) in [7, 11) is 1.68. The molecule has 0 saturated heterocycles. The molecule has 0 spiro atoms. The number of nitrogens with zero attached hydrogens (tertiary/aromatic N) is 3. The molecule has 170 valence electrons. The first kappa shape index (κ1) is 22.3. The van der Waals surface area contributed by atoms with Crippen molar-refractivity contribution >= 4 is 52.4 Å². The van der Waals surface area contributed by atoms with Crippen molar-refractivity contribution in [1.82, 2.24) is 15.3 Å². The highest BCUT2D eigenvalue weighted by molar-refractivity contribution is 6.32. The molecule has 2 amide bonds. The number of hydrogen-bond donors (Lipinski definition) is 3. The summed E-state index contributed by atoms with van der Waals surface area (Å²) in [4.78, 5) is 33.5. The summed E-state index contributed by atoms with van der Waals surface area (Å²) in [6.07, 6.45) is 1.75. The lowest BCUT2D eigenvalue weighted by Crippen LogP contribution is -2.25. The molecule has 0 bridgehead atoms. The van der Waals surface area contributed by atoms with E-state index in [4.69, 9.17) is 16.3 Å². The molecule has 0 saturated carbocycles. The number of anilines is 5. The maximum atomic E-state index is 11.9. The van der Waals surface area contributed by atoms with Crippen LogP contribution in [0, 0.1) is 0 Å². The molecule has 10 heteroatoms. The molecule has 1 aliphatic rings. The predicted octanol–water partition coefficient (Wildman–Crippen LogP) is 4.38. The smallest absolute Gasteiger partial charge is 0.414 e. The van der Waals surface area contributed by atoms with Crippen LogP contribution in [-0.4, -0.2) is 35.6 Å². The summed E-state index contributed by atoms with van der Waals surface area (Å²) in [5.74, 6) is 0.674. The number of fused-ring (bicyclic) bond motifs is 1. The fourth-order valence-corrected chi connectivity index (χ4v) is 3.56. The number of carbonyl (C=O) groups excluding carboxylic acids is 2. The van der Waals surface area contributed by atoms with Crippen LogP contribution in [0.25, 0.3) is 0 Å². The highest BCUT2D eigenvalue weighted by atomic mass is 35.5. The Morgan fingerprint density at radius 1 is 1.21 bits per heavy atom. The first-order chi connectivity index (χ1) is 15.9. The molecule has 33 heavy (non-hydrogen) atoms. The van der Waals surface area contributed by atoms with E-state index in [2.05, 4.69) is 25.9 Å². The zero-order chi connectivity index (χ0) is 23.4. The van der Waals surface area contributed by atoms with Gasteiger partial charge < -0.3 is 20.7 Å². The maximum Gasteiger partial charge on any atom is 0.414 e. The van der Waals surface area contributed by atoms with Gasteiger partial charge in [-0.05, 0) is 35.4 Å². The molecule has 3 N–H and O–H groups in total. The lowest BCUT2D eigenvalue weighted by Gasteiger charge is -2.17. The fraction of sp³-hybridized carbons (Fsp3) is 0.217.